The van der Waals surface area contributed by atoms with Crippen molar-refractivity contribution in [2.24, 2.45) is 0 Å². The highest BCUT2D eigenvalue weighted by atomic mass is 32.1. The number of ether oxygens (including phenoxy) is 3. The summed E-state index contributed by atoms with van der Waals surface area (Å²) >= 11 is 1.41. The predicted molar refractivity (Wildman–Crippen MR) is 103 cm³/mol. The van der Waals surface area contributed by atoms with Crippen molar-refractivity contribution < 1.29 is 19.0 Å². The van der Waals surface area contributed by atoms with Gasteiger partial charge < -0.3 is 14.2 Å². The van der Waals surface area contributed by atoms with Gasteiger partial charge in [0, 0.05) is 12.1 Å². The fourth-order valence-electron chi connectivity index (χ4n) is 3.11. The molecule has 0 radical (unpaired) electrons. The maximum Gasteiger partial charge on any atom is 0.261 e. The minimum absolute atomic E-state index is 0.215. The van der Waals surface area contributed by atoms with E-state index >= 15 is 0 Å². The molecule has 1 aliphatic carbocycles. The molecule has 5 rings (SSSR count). The van der Waals surface area contributed by atoms with E-state index in [1.807, 2.05) is 30.3 Å². The Morgan fingerprint density at radius 1 is 1.15 bits per heavy atom. The number of hydrogen-bond acceptors (Lipinski definition) is 6. The lowest BCUT2D eigenvalue weighted by molar-refractivity contribution is 0.0992. The third-order valence-electron chi connectivity index (χ3n) is 4.75. The average molecular weight is 382 g/mol. The fraction of sp³-hybridized carbons (Fsp3) is 0.300. The molecular formula is C20H18N2O4S. The Morgan fingerprint density at radius 3 is 2.70 bits per heavy atom. The van der Waals surface area contributed by atoms with Crippen molar-refractivity contribution in [2.45, 2.75) is 25.4 Å². The second-order valence-corrected chi connectivity index (χ2v) is 7.63. The molecular weight excluding hydrogens is 364 g/mol. The van der Waals surface area contributed by atoms with Gasteiger partial charge in [0.05, 0.1) is 21.9 Å². The van der Waals surface area contributed by atoms with Crippen LogP contribution in [-0.4, -0.2) is 30.2 Å². The molecule has 0 atom stereocenters. The molecule has 0 spiro atoms. The number of para-hydroxylation sites is 1. The predicted octanol–water partition coefficient (Wildman–Crippen LogP) is 4.25. The summed E-state index contributed by atoms with van der Waals surface area (Å²) in [7, 11) is 0. The summed E-state index contributed by atoms with van der Waals surface area (Å²) in [5.74, 6) is 1.81. The van der Waals surface area contributed by atoms with Crippen LogP contribution < -0.4 is 19.5 Å². The lowest BCUT2D eigenvalue weighted by Crippen LogP contribution is -2.26. The molecule has 1 fully saturated rings. The van der Waals surface area contributed by atoms with Gasteiger partial charge >= 0.3 is 0 Å². The fourth-order valence-corrected chi connectivity index (χ4v) is 3.98. The number of carbonyl (C=O) groups excluding carboxylic acids is 1. The van der Waals surface area contributed by atoms with Crippen LogP contribution in [0.1, 0.15) is 29.6 Å². The Kier molecular flexibility index (Phi) is 4.09. The van der Waals surface area contributed by atoms with Gasteiger partial charge in [-0.05, 0) is 31.4 Å². The van der Waals surface area contributed by atoms with Crippen LogP contribution in [0.5, 0.6) is 17.2 Å². The number of carbonyl (C=O) groups is 1. The highest BCUT2D eigenvalue weighted by molar-refractivity contribution is 7.22. The quantitative estimate of drug-likeness (QED) is 0.730. The monoisotopic (exact) mass is 382 g/mol. The molecule has 1 amide bonds. The van der Waals surface area contributed by atoms with E-state index in [9.17, 15) is 4.79 Å². The summed E-state index contributed by atoms with van der Waals surface area (Å²) < 4.78 is 18.1. The molecule has 27 heavy (non-hydrogen) atoms. The highest BCUT2D eigenvalue weighted by Crippen LogP contribution is 2.38. The van der Waals surface area contributed by atoms with E-state index in [4.69, 9.17) is 14.2 Å². The summed E-state index contributed by atoms with van der Waals surface area (Å²) in [6.45, 7) is 1.07. The third-order valence-corrected chi connectivity index (χ3v) is 5.68. The zero-order valence-corrected chi connectivity index (χ0v) is 15.4. The Morgan fingerprint density at radius 2 is 1.93 bits per heavy atom. The standard InChI is InChI=1S/C20H18N2O4S/c23-19(13-6-1-2-7-15(13)26-12-4-3-5-12)22-20-21-14-10-16-17(11-18(14)27-20)25-9-8-24-16/h1-2,6-7,10-12H,3-5,8-9H2,(H,21,22,23). The van der Waals surface area contributed by atoms with Crippen LogP contribution >= 0.6 is 11.3 Å². The number of amides is 1. The summed E-state index contributed by atoms with van der Waals surface area (Å²) in [5, 5.41) is 3.43. The molecule has 0 unspecified atom stereocenters. The summed E-state index contributed by atoms with van der Waals surface area (Å²) in [5.41, 5.74) is 1.30. The molecule has 7 heteroatoms. The molecule has 3 aromatic rings. The lowest BCUT2D eigenvalue weighted by atomic mass is 9.96. The second kappa shape index (κ2) is 6.74. The van der Waals surface area contributed by atoms with Gasteiger partial charge in [0.25, 0.3) is 5.91 Å². The van der Waals surface area contributed by atoms with Crippen molar-refractivity contribution in [3.05, 3.63) is 42.0 Å². The van der Waals surface area contributed by atoms with Gasteiger partial charge in [-0.3, -0.25) is 10.1 Å². The molecule has 0 bridgehead atoms. The maximum absolute atomic E-state index is 12.8. The SMILES string of the molecule is O=C(Nc1nc2cc3c(cc2s1)OCCO3)c1ccccc1OC1CCC1. The first-order valence-electron chi connectivity index (χ1n) is 9.03. The Bertz CT molecular complexity index is 969. The number of rotatable bonds is 4. The number of fused-ring (bicyclic) bond motifs is 2. The minimum Gasteiger partial charge on any atom is -0.490 e. The van der Waals surface area contributed by atoms with Crippen molar-refractivity contribution in [1.29, 1.82) is 0 Å². The van der Waals surface area contributed by atoms with Gasteiger partial charge in [0.15, 0.2) is 16.6 Å². The smallest absolute Gasteiger partial charge is 0.261 e. The number of nitrogens with one attached hydrogen (secondary N) is 1. The molecule has 2 aliphatic rings. The molecule has 2 heterocycles. The summed E-state index contributed by atoms with van der Waals surface area (Å²) in [6.07, 6.45) is 3.49. The van der Waals surface area contributed by atoms with E-state index in [1.165, 1.54) is 17.8 Å². The van der Waals surface area contributed by atoms with Crippen LogP contribution in [-0.2, 0) is 0 Å². The lowest BCUT2D eigenvalue weighted by Gasteiger charge is -2.27. The largest absolute Gasteiger partial charge is 0.490 e. The van der Waals surface area contributed by atoms with Crippen molar-refractivity contribution in [3.8, 4) is 17.2 Å². The molecule has 6 nitrogen and oxygen atoms in total. The van der Waals surface area contributed by atoms with E-state index in [-0.39, 0.29) is 12.0 Å². The van der Waals surface area contributed by atoms with Gasteiger partial charge in [-0.1, -0.05) is 23.5 Å². The highest BCUT2D eigenvalue weighted by Gasteiger charge is 2.22. The van der Waals surface area contributed by atoms with Crippen LogP contribution in [0, 0.1) is 0 Å². The van der Waals surface area contributed by atoms with Gasteiger partial charge in [-0.25, -0.2) is 4.98 Å². The number of nitrogens with zero attached hydrogens (tertiary/aromatic N) is 1. The molecule has 1 saturated carbocycles. The van der Waals surface area contributed by atoms with Gasteiger partial charge in [0.1, 0.15) is 19.0 Å². The van der Waals surface area contributed by atoms with E-state index in [0.717, 1.165) is 28.8 Å². The Balaban J connectivity index is 1.39. The first-order chi connectivity index (χ1) is 13.3. The molecule has 1 aliphatic heterocycles. The van der Waals surface area contributed by atoms with Crippen LogP contribution in [0.4, 0.5) is 5.13 Å². The first kappa shape index (κ1) is 16.4. The van der Waals surface area contributed by atoms with Crippen LogP contribution in [0.2, 0.25) is 0 Å². The maximum atomic E-state index is 12.8. The number of thiazole rings is 1. The van der Waals surface area contributed by atoms with Crippen molar-refractivity contribution in [3.63, 3.8) is 0 Å². The molecule has 1 N–H and O–H groups in total. The van der Waals surface area contributed by atoms with E-state index in [2.05, 4.69) is 10.3 Å². The normalized spacial score (nSPS) is 16.0. The topological polar surface area (TPSA) is 69.7 Å². The van der Waals surface area contributed by atoms with E-state index in [1.54, 1.807) is 6.07 Å². The van der Waals surface area contributed by atoms with E-state index in [0.29, 0.717) is 35.4 Å². The number of aromatic nitrogens is 1. The third kappa shape index (κ3) is 3.19. The second-order valence-electron chi connectivity index (χ2n) is 6.60. The van der Waals surface area contributed by atoms with Gasteiger partial charge in [-0.15, -0.1) is 0 Å². The Labute approximate surface area is 160 Å². The van der Waals surface area contributed by atoms with Crippen LogP contribution in [0.25, 0.3) is 10.2 Å². The minimum atomic E-state index is -0.221. The summed E-state index contributed by atoms with van der Waals surface area (Å²) in [4.78, 5) is 17.3. The van der Waals surface area contributed by atoms with Crippen molar-refractivity contribution in [1.82, 2.24) is 4.98 Å². The molecule has 138 valence electrons. The number of anilines is 1. The van der Waals surface area contributed by atoms with Crippen LogP contribution in [0.3, 0.4) is 0 Å². The molecule has 0 saturated heterocycles. The average Bonchev–Trinajstić information content (AvgIpc) is 3.03. The molecule has 2 aromatic carbocycles. The number of hydrogen-bond donors (Lipinski definition) is 1. The zero-order chi connectivity index (χ0) is 18.2. The van der Waals surface area contributed by atoms with E-state index < -0.39 is 0 Å². The van der Waals surface area contributed by atoms with Crippen molar-refractivity contribution in [2.75, 3.05) is 18.5 Å². The van der Waals surface area contributed by atoms with Gasteiger partial charge in [-0.2, -0.15) is 0 Å². The first-order valence-corrected chi connectivity index (χ1v) is 9.85. The Hall–Kier alpha value is -2.80. The van der Waals surface area contributed by atoms with Crippen molar-refractivity contribution >= 4 is 32.6 Å². The van der Waals surface area contributed by atoms with Gasteiger partial charge in [0.2, 0.25) is 0 Å². The summed E-state index contributed by atoms with van der Waals surface area (Å²) in [6, 6.07) is 11.1. The van der Waals surface area contributed by atoms with Crippen LogP contribution in [0.15, 0.2) is 36.4 Å². The zero-order valence-electron chi connectivity index (χ0n) is 14.6. The number of benzene rings is 2. The molecule has 1 aromatic heterocycles.